The average Bonchev–Trinajstić information content (AvgIpc) is 1.69. The number of hydrogen-bond acceptors (Lipinski definition) is 1. The highest BCUT2D eigenvalue weighted by Crippen LogP contribution is 2.07. The van der Waals surface area contributed by atoms with Crippen LogP contribution in [0.25, 0.3) is 0 Å². The molecule has 2 heteroatoms. The Morgan fingerprint density at radius 3 is 2.71 bits per heavy atom. The highest BCUT2D eigenvalue weighted by Gasteiger charge is 2.06. The van der Waals surface area contributed by atoms with Gasteiger partial charge < -0.3 is 0 Å². The van der Waals surface area contributed by atoms with Crippen molar-refractivity contribution in [1.29, 1.82) is 0 Å². The summed E-state index contributed by atoms with van der Waals surface area (Å²) in [6, 6.07) is 0. The SMILES string of the molecule is [O]N1[CH]C[CH]CC1. The minimum atomic E-state index is 0.653. The van der Waals surface area contributed by atoms with Crippen LogP contribution in [0.4, 0.5) is 0 Å². The van der Waals surface area contributed by atoms with Crippen LogP contribution in [0.3, 0.4) is 0 Å². The summed E-state index contributed by atoms with van der Waals surface area (Å²) in [6.45, 7) is 2.31. The Bertz CT molecular complexity index is 50.0. The first-order chi connectivity index (χ1) is 3.39. The molecule has 1 saturated heterocycles. The van der Waals surface area contributed by atoms with Crippen LogP contribution >= 0.6 is 0 Å². The fourth-order valence-electron chi connectivity index (χ4n) is 0.620. The van der Waals surface area contributed by atoms with Crippen molar-refractivity contribution in [3.8, 4) is 0 Å². The highest BCUT2D eigenvalue weighted by atomic mass is 16.5. The van der Waals surface area contributed by atoms with Gasteiger partial charge >= 0.3 is 0 Å². The Labute approximate surface area is 43.7 Å². The smallest absolute Gasteiger partial charge is 0.0566 e. The van der Waals surface area contributed by atoms with E-state index in [-0.39, 0.29) is 0 Å². The van der Waals surface area contributed by atoms with E-state index >= 15 is 0 Å². The van der Waals surface area contributed by atoms with Gasteiger partial charge in [-0.3, -0.25) is 0 Å². The number of rotatable bonds is 0. The average molecular weight is 98.1 g/mol. The third kappa shape index (κ3) is 1.45. The summed E-state index contributed by atoms with van der Waals surface area (Å²) in [7, 11) is 0. The first kappa shape index (κ1) is 5.06. The van der Waals surface area contributed by atoms with Gasteiger partial charge in [0.15, 0.2) is 0 Å². The van der Waals surface area contributed by atoms with Crippen LogP contribution in [-0.2, 0) is 5.21 Å². The van der Waals surface area contributed by atoms with Gasteiger partial charge in [-0.05, 0) is 19.3 Å². The maximum atomic E-state index is 10.3. The second-order valence-electron chi connectivity index (χ2n) is 1.64. The van der Waals surface area contributed by atoms with Crippen molar-refractivity contribution < 1.29 is 5.21 Å². The summed E-state index contributed by atoms with van der Waals surface area (Å²) >= 11 is 0. The second kappa shape index (κ2) is 2.28. The molecule has 1 heterocycles. The molecular formula is C5H8NO. The van der Waals surface area contributed by atoms with E-state index in [0.717, 1.165) is 17.9 Å². The highest BCUT2D eigenvalue weighted by molar-refractivity contribution is 4.79. The van der Waals surface area contributed by atoms with Crippen LogP contribution in [0.1, 0.15) is 12.8 Å². The summed E-state index contributed by atoms with van der Waals surface area (Å²) in [5.41, 5.74) is 0. The third-order valence-corrected chi connectivity index (χ3v) is 1.03. The van der Waals surface area contributed by atoms with E-state index < -0.39 is 0 Å². The van der Waals surface area contributed by atoms with Gasteiger partial charge in [-0.2, -0.15) is 5.06 Å². The standard InChI is InChI=1S/C5H8NO/c7-6-4-2-1-3-5-6/h1,4H,2-3,5H2. The molecule has 2 nitrogen and oxygen atoms in total. The number of nitrogens with zero attached hydrogens (tertiary/aromatic N) is 1. The van der Waals surface area contributed by atoms with E-state index in [1.54, 1.807) is 6.54 Å². The van der Waals surface area contributed by atoms with E-state index in [2.05, 4.69) is 6.42 Å². The summed E-state index contributed by atoms with van der Waals surface area (Å²) in [5.74, 6) is 0. The van der Waals surface area contributed by atoms with Gasteiger partial charge in [0, 0.05) is 6.54 Å². The van der Waals surface area contributed by atoms with Crippen molar-refractivity contribution in [2.75, 3.05) is 6.54 Å². The van der Waals surface area contributed by atoms with E-state index in [0.29, 0.717) is 6.54 Å². The fourth-order valence-corrected chi connectivity index (χ4v) is 0.620. The predicted octanol–water partition coefficient (Wildman–Crippen LogP) is 0.794. The van der Waals surface area contributed by atoms with Gasteiger partial charge in [-0.15, -0.1) is 5.21 Å². The third-order valence-electron chi connectivity index (χ3n) is 1.03. The molecule has 3 radical (unpaired) electrons. The Hall–Kier alpha value is -0.0800. The molecule has 1 aliphatic heterocycles. The van der Waals surface area contributed by atoms with Crippen molar-refractivity contribution in [3.63, 3.8) is 0 Å². The number of hydrogen-bond donors (Lipinski definition) is 0. The monoisotopic (exact) mass is 98.1 g/mol. The van der Waals surface area contributed by atoms with Crippen LogP contribution < -0.4 is 0 Å². The molecule has 0 spiro atoms. The van der Waals surface area contributed by atoms with Crippen LogP contribution in [0, 0.1) is 13.0 Å². The number of hydroxylamine groups is 2. The van der Waals surface area contributed by atoms with E-state index in [1.807, 2.05) is 0 Å². The molecule has 0 aromatic rings. The first-order valence-corrected chi connectivity index (χ1v) is 2.48. The van der Waals surface area contributed by atoms with Gasteiger partial charge in [-0.1, -0.05) is 0 Å². The summed E-state index contributed by atoms with van der Waals surface area (Å²) in [6.07, 6.45) is 3.90. The predicted molar refractivity (Wildman–Crippen MR) is 25.2 cm³/mol. The maximum absolute atomic E-state index is 10.3. The van der Waals surface area contributed by atoms with Crippen molar-refractivity contribution in [1.82, 2.24) is 5.06 Å². The molecule has 0 N–H and O–H groups in total. The van der Waals surface area contributed by atoms with E-state index in [4.69, 9.17) is 0 Å². The molecule has 0 aliphatic carbocycles. The zero-order valence-corrected chi connectivity index (χ0v) is 4.13. The zero-order valence-electron chi connectivity index (χ0n) is 4.13. The van der Waals surface area contributed by atoms with Gasteiger partial charge in [0.1, 0.15) is 0 Å². The molecule has 0 atom stereocenters. The lowest BCUT2D eigenvalue weighted by atomic mass is 10.2. The molecule has 1 rings (SSSR count). The molecule has 0 saturated carbocycles. The lowest BCUT2D eigenvalue weighted by molar-refractivity contribution is -0.136. The molecule has 1 aliphatic rings. The van der Waals surface area contributed by atoms with Crippen LogP contribution in [0.5, 0.6) is 0 Å². The Kier molecular flexibility index (Phi) is 1.65. The van der Waals surface area contributed by atoms with Gasteiger partial charge in [0.25, 0.3) is 0 Å². The fraction of sp³-hybridized carbons (Fsp3) is 0.600. The zero-order chi connectivity index (χ0) is 5.11. The molecule has 0 unspecified atom stereocenters. The van der Waals surface area contributed by atoms with Gasteiger partial charge in [0.05, 0.1) is 6.54 Å². The largest absolute Gasteiger partial charge is 0.150 e. The Balaban J connectivity index is 2.12. The summed E-state index contributed by atoms with van der Waals surface area (Å²) in [5, 5.41) is 11.3. The summed E-state index contributed by atoms with van der Waals surface area (Å²) in [4.78, 5) is 0. The van der Waals surface area contributed by atoms with E-state index in [1.165, 1.54) is 0 Å². The molecule has 1 fully saturated rings. The molecule has 39 valence electrons. The van der Waals surface area contributed by atoms with Crippen molar-refractivity contribution in [2.24, 2.45) is 0 Å². The van der Waals surface area contributed by atoms with Crippen molar-refractivity contribution >= 4 is 0 Å². The molecular weight excluding hydrogens is 90.1 g/mol. The maximum Gasteiger partial charge on any atom is 0.0566 e. The van der Waals surface area contributed by atoms with Gasteiger partial charge in [0.2, 0.25) is 0 Å². The van der Waals surface area contributed by atoms with Gasteiger partial charge in [-0.25, -0.2) is 0 Å². The van der Waals surface area contributed by atoms with Crippen LogP contribution in [-0.4, -0.2) is 11.6 Å². The molecule has 7 heavy (non-hydrogen) atoms. The van der Waals surface area contributed by atoms with Crippen LogP contribution in [0.15, 0.2) is 0 Å². The minimum Gasteiger partial charge on any atom is -0.150 e. The summed E-state index contributed by atoms with van der Waals surface area (Å²) < 4.78 is 0. The molecule has 0 aromatic carbocycles. The lowest BCUT2D eigenvalue weighted by Gasteiger charge is -2.15. The van der Waals surface area contributed by atoms with Crippen molar-refractivity contribution in [3.05, 3.63) is 13.0 Å². The molecule has 0 amide bonds. The molecule has 0 aromatic heterocycles. The normalized spacial score (nSPS) is 25.3. The quantitative estimate of drug-likeness (QED) is 0.439. The Morgan fingerprint density at radius 2 is 2.43 bits per heavy atom. The Morgan fingerprint density at radius 1 is 1.57 bits per heavy atom. The number of piperidine rings is 1. The lowest BCUT2D eigenvalue weighted by Crippen LogP contribution is -2.19. The minimum absolute atomic E-state index is 0.653. The topological polar surface area (TPSA) is 23.1 Å². The van der Waals surface area contributed by atoms with Crippen molar-refractivity contribution in [2.45, 2.75) is 12.8 Å². The second-order valence-corrected chi connectivity index (χ2v) is 1.64. The van der Waals surface area contributed by atoms with E-state index in [9.17, 15) is 5.21 Å². The first-order valence-electron chi connectivity index (χ1n) is 2.48. The molecule has 0 bridgehead atoms. The van der Waals surface area contributed by atoms with Crippen LogP contribution in [0.2, 0.25) is 0 Å².